The highest BCUT2D eigenvalue weighted by molar-refractivity contribution is 14.1. The molecule has 0 fully saturated rings. The van der Waals surface area contributed by atoms with Crippen LogP contribution in [0.2, 0.25) is 0 Å². The number of halogens is 1. The van der Waals surface area contributed by atoms with Gasteiger partial charge in [0, 0.05) is 21.7 Å². The second-order valence-electron chi connectivity index (χ2n) is 3.22. The Kier molecular flexibility index (Phi) is 3.15. The second-order valence-corrected chi connectivity index (χ2v) is 4.46. The minimum atomic E-state index is 0.624. The van der Waals surface area contributed by atoms with Crippen LogP contribution in [0, 0.1) is 10.5 Å². The summed E-state index contributed by atoms with van der Waals surface area (Å²) in [5, 5.41) is 3.13. The smallest absolute Gasteiger partial charge is 0.227 e. The van der Waals surface area contributed by atoms with Crippen molar-refractivity contribution in [2.24, 2.45) is 0 Å². The highest BCUT2D eigenvalue weighted by Crippen LogP contribution is 2.13. The molecule has 1 heterocycles. The Morgan fingerprint density at radius 3 is 2.27 bits per heavy atom. The highest BCUT2D eigenvalue weighted by atomic mass is 127. The number of hydrogen-bond acceptors (Lipinski definition) is 3. The predicted octanol–water partition coefficient (Wildman–Crippen LogP) is 3.13. The first-order valence-corrected chi connectivity index (χ1v) is 5.63. The standard InChI is InChI=1S/C11H10IN3/c1-8-2-4-10(5-3-8)15-11-13-6-9(12)7-14-11/h2-7H,1H3,(H,13,14,15). The van der Waals surface area contributed by atoms with Crippen LogP contribution < -0.4 is 5.32 Å². The van der Waals surface area contributed by atoms with E-state index >= 15 is 0 Å². The van der Waals surface area contributed by atoms with E-state index in [1.54, 1.807) is 12.4 Å². The van der Waals surface area contributed by atoms with Gasteiger partial charge in [-0.3, -0.25) is 0 Å². The summed E-state index contributed by atoms with van der Waals surface area (Å²) >= 11 is 2.18. The van der Waals surface area contributed by atoms with Crippen molar-refractivity contribution in [3.8, 4) is 0 Å². The molecule has 0 unspecified atom stereocenters. The largest absolute Gasteiger partial charge is 0.324 e. The third kappa shape index (κ3) is 2.89. The van der Waals surface area contributed by atoms with E-state index in [-0.39, 0.29) is 0 Å². The molecule has 0 aliphatic heterocycles. The van der Waals surface area contributed by atoms with Gasteiger partial charge in [-0.1, -0.05) is 17.7 Å². The summed E-state index contributed by atoms with van der Waals surface area (Å²) in [4.78, 5) is 8.33. The summed E-state index contributed by atoms with van der Waals surface area (Å²) in [7, 11) is 0. The first kappa shape index (κ1) is 10.4. The predicted molar refractivity (Wildman–Crippen MR) is 69.2 cm³/mol. The molecule has 2 aromatic rings. The van der Waals surface area contributed by atoms with Crippen molar-refractivity contribution >= 4 is 34.2 Å². The lowest BCUT2D eigenvalue weighted by atomic mass is 10.2. The van der Waals surface area contributed by atoms with Crippen molar-refractivity contribution in [3.05, 3.63) is 45.8 Å². The average Bonchev–Trinajstić information content (AvgIpc) is 2.25. The number of rotatable bonds is 2. The number of benzene rings is 1. The van der Waals surface area contributed by atoms with Crippen molar-refractivity contribution in [2.75, 3.05) is 5.32 Å². The van der Waals surface area contributed by atoms with E-state index in [4.69, 9.17) is 0 Å². The number of hydrogen-bond donors (Lipinski definition) is 1. The summed E-state index contributed by atoms with van der Waals surface area (Å²) in [5.41, 5.74) is 2.24. The molecule has 0 aliphatic carbocycles. The maximum atomic E-state index is 4.17. The molecule has 0 amide bonds. The van der Waals surface area contributed by atoms with E-state index in [1.807, 2.05) is 12.1 Å². The van der Waals surface area contributed by atoms with Gasteiger partial charge in [0.15, 0.2) is 0 Å². The summed E-state index contributed by atoms with van der Waals surface area (Å²) in [5.74, 6) is 0.624. The Labute approximate surface area is 102 Å². The van der Waals surface area contributed by atoms with Crippen LogP contribution in [0.15, 0.2) is 36.7 Å². The third-order valence-corrected chi connectivity index (χ3v) is 2.49. The van der Waals surface area contributed by atoms with Crippen LogP contribution in [0.3, 0.4) is 0 Å². The summed E-state index contributed by atoms with van der Waals surface area (Å²) in [6.45, 7) is 2.06. The summed E-state index contributed by atoms with van der Waals surface area (Å²) < 4.78 is 1.03. The van der Waals surface area contributed by atoms with Gasteiger partial charge < -0.3 is 5.32 Å². The lowest BCUT2D eigenvalue weighted by Crippen LogP contribution is -1.96. The van der Waals surface area contributed by atoms with Crippen molar-refractivity contribution in [1.82, 2.24) is 9.97 Å². The number of aryl methyl sites for hydroxylation is 1. The molecular weight excluding hydrogens is 301 g/mol. The molecule has 15 heavy (non-hydrogen) atoms. The quantitative estimate of drug-likeness (QED) is 0.866. The molecule has 0 aliphatic rings. The van der Waals surface area contributed by atoms with E-state index in [0.717, 1.165) is 9.26 Å². The van der Waals surface area contributed by atoms with E-state index in [0.29, 0.717) is 5.95 Å². The minimum absolute atomic E-state index is 0.624. The number of nitrogens with one attached hydrogen (secondary N) is 1. The maximum absolute atomic E-state index is 4.17. The van der Waals surface area contributed by atoms with Gasteiger partial charge in [0.1, 0.15) is 0 Å². The lowest BCUT2D eigenvalue weighted by molar-refractivity contribution is 1.15. The Morgan fingerprint density at radius 2 is 1.67 bits per heavy atom. The van der Waals surface area contributed by atoms with E-state index in [1.165, 1.54) is 5.56 Å². The molecule has 76 valence electrons. The van der Waals surface area contributed by atoms with Crippen molar-refractivity contribution in [2.45, 2.75) is 6.92 Å². The van der Waals surface area contributed by atoms with Crippen LogP contribution in [0.25, 0.3) is 0 Å². The zero-order chi connectivity index (χ0) is 10.7. The maximum Gasteiger partial charge on any atom is 0.227 e. The van der Waals surface area contributed by atoms with Crippen LogP contribution in [0.1, 0.15) is 5.56 Å². The van der Waals surface area contributed by atoms with Crippen LogP contribution in [-0.2, 0) is 0 Å². The van der Waals surface area contributed by atoms with Crippen molar-refractivity contribution < 1.29 is 0 Å². The van der Waals surface area contributed by atoms with E-state index in [9.17, 15) is 0 Å². The number of aromatic nitrogens is 2. The van der Waals surface area contributed by atoms with Gasteiger partial charge in [0.25, 0.3) is 0 Å². The molecular formula is C11H10IN3. The fourth-order valence-electron chi connectivity index (χ4n) is 1.14. The van der Waals surface area contributed by atoms with Gasteiger partial charge in [-0.05, 0) is 41.6 Å². The molecule has 0 radical (unpaired) electrons. The summed E-state index contributed by atoms with van der Waals surface area (Å²) in [6.07, 6.45) is 3.56. The molecule has 1 aromatic carbocycles. The zero-order valence-electron chi connectivity index (χ0n) is 8.24. The highest BCUT2D eigenvalue weighted by Gasteiger charge is 1.96. The second kappa shape index (κ2) is 4.57. The van der Waals surface area contributed by atoms with Gasteiger partial charge in [-0.2, -0.15) is 0 Å². The first-order chi connectivity index (χ1) is 7.24. The van der Waals surface area contributed by atoms with Crippen LogP contribution in [0.4, 0.5) is 11.6 Å². The van der Waals surface area contributed by atoms with Crippen LogP contribution in [-0.4, -0.2) is 9.97 Å². The number of nitrogens with zero attached hydrogens (tertiary/aromatic N) is 2. The molecule has 1 N–H and O–H groups in total. The monoisotopic (exact) mass is 311 g/mol. The lowest BCUT2D eigenvalue weighted by Gasteiger charge is -2.04. The first-order valence-electron chi connectivity index (χ1n) is 4.55. The van der Waals surface area contributed by atoms with Crippen LogP contribution in [0.5, 0.6) is 0 Å². The fraction of sp³-hybridized carbons (Fsp3) is 0.0909. The molecule has 0 spiro atoms. The summed E-state index contributed by atoms with van der Waals surface area (Å²) in [6, 6.07) is 8.12. The molecule has 3 nitrogen and oxygen atoms in total. The van der Waals surface area contributed by atoms with Gasteiger partial charge in [0.2, 0.25) is 5.95 Å². The van der Waals surface area contributed by atoms with Gasteiger partial charge in [-0.15, -0.1) is 0 Å². The molecule has 4 heteroatoms. The third-order valence-electron chi connectivity index (χ3n) is 1.93. The molecule has 1 aromatic heterocycles. The van der Waals surface area contributed by atoms with Gasteiger partial charge in [0.05, 0.1) is 0 Å². The van der Waals surface area contributed by atoms with Gasteiger partial charge in [-0.25, -0.2) is 9.97 Å². The Bertz CT molecular complexity index is 393. The topological polar surface area (TPSA) is 37.8 Å². The van der Waals surface area contributed by atoms with Crippen LogP contribution >= 0.6 is 22.6 Å². The Balaban J connectivity index is 2.15. The average molecular weight is 311 g/mol. The fourth-order valence-corrected chi connectivity index (χ4v) is 1.42. The van der Waals surface area contributed by atoms with Crippen molar-refractivity contribution in [1.29, 1.82) is 0 Å². The number of anilines is 2. The molecule has 0 bridgehead atoms. The molecule has 2 rings (SSSR count). The SMILES string of the molecule is Cc1ccc(Nc2ncc(I)cn2)cc1. The molecule has 0 atom stereocenters. The Hall–Kier alpha value is -1.17. The molecule has 0 saturated heterocycles. The van der Waals surface area contributed by atoms with E-state index in [2.05, 4.69) is 56.9 Å². The minimum Gasteiger partial charge on any atom is -0.324 e. The Morgan fingerprint density at radius 1 is 1.07 bits per heavy atom. The molecule has 0 saturated carbocycles. The van der Waals surface area contributed by atoms with E-state index < -0.39 is 0 Å². The zero-order valence-corrected chi connectivity index (χ0v) is 10.4. The van der Waals surface area contributed by atoms with Crippen molar-refractivity contribution in [3.63, 3.8) is 0 Å². The normalized spacial score (nSPS) is 10.0. The van der Waals surface area contributed by atoms with Gasteiger partial charge >= 0.3 is 0 Å².